The molecule has 0 aliphatic heterocycles. The number of aromatic amines is 1. The lowest BCUT2D eigenvalue weighted by atomic mass is 10.1. The van der Waals surface area contributed by atoms with Crippen LogP contribution < -0.4 is 11.2 Å². The second-order valence-electron chi connectivity index (χ2n) is 3.69. The minimum absolute atomic E-state index is 0.153. The van der Waals surface area contributed by atoms with E-state index in [4.69, 9.17) is 0 Å². The van der Waals surface area contributed by atoms with Gasteiger partial charge < -0.3 is 0 Å². The SMILES string of the molecule is CC.CCCCCCCn1c(=O)[nH]nc(Br)c1=O. The van der Waals surface area contributed by atoms with Gasteiger partial charge in [0, 0.05) is 6.54 Å². The van der Waals surface area contributed by atoms with Gasteiger partial charge >= 0.3 is 5.69 Å². The number of hydrogen-bond acceptors (Lipinski definition) is 3. The Bertz CT molecular complexity index is 440. The van der Waals surface area contributed by atoms with Gasteiger partial charge in [-0.25, -0.2) is 9.89 Å². The first-order chi connectivity index (χ1) is 8.66. The molecule has 0 amide bonds. The van der Waals surface area contributed by atoms with Crippen molar-refractivity contribution in [1.82, 2.24) is 14.8 Å². The van der Waals surface area contributed by atoms with Gasteiger partial charge in [0.2, 0.25) is 0 Å². The Morgan fingerprint density at radius 1 is 1.17 bits per heavy atom. The second kappa shape index (κ2) is 10.1. The van der Waals surface area contributed by atoms with Crippen LogP contribution >= 0.6 is 15.9 Å². The van der Waals surface area contributed by atoms with Gasteiger partial charge in [-0.05, 0) is 22.4 Å². The predicted molar refractivity (Wildman–Crippen MR) is 76.9 cm³/mol. The summed E-state index contributed by atoms with van der Waals surface area (Å²) in [6.45, 7) is 6.61. The zero-order valence-corrected chi connectivity index (χ0v) is 12.9. The Kier molecular flexibility index (Phi) is 9.55. The number of nitrogens with one attached hydrogen (secondary N) is 1. The van der Waals surface area contributed by atoms with Crippen LogP contribution in [0.2, 0.25) is 0 Å². The highest BCUT2D eigenvalue weighted by atomic mass is 79.9. The van der Waals surface area contributed by atoms with Crippen molar-refractivity contribution >= 4 is 15.9 Å². The number of aromatic nitrogens is 3. The predicted octanol–water partition coefficient (Wildman–Crippen LogP) is 2.69. The molecular formula is C12H22BrN3O2. The van der Waals surface area contributed by atoms with Crippen LogP contribution in [0.5, 0.6) is 0 Å². The maximum absolute atomic E-state index is 11.5. The van der Waals surface area contributed by atoms with Gasteiger partial charge in [0.25, 0.3) is 5.56 Å². The number of halogens is 1. The summed E-state index contributed by atoms with van der Waals surface area (Å²) in [5.74, 6) is 0. The van der Waals surface area contributed by atoms with E-state index in [9.17, 15) is 9.59 Å². The average molecular weight is 320 g/mol. The fourth-order valence-electron chi connectivity index (χ4n) is 1.49. The molecule has 1 rings (SSSR count). The molecule has 0 aliphatic carbocycles. The van der Waals surface area contributed by atoms with Crippen LogP contribution in [-0.4, -0.2) is 14.8 Å². The monoisotopic (exact) mass is 319 g/mol. The van der Waals surface area contributed by atoms with Crippen LogP contribution in [0.25, 0.3) is 0 Å². The van der Waals surface area contributed by atoms with Gasteiger partial charge in [0.1, 0.15) is 0 Å². The third kappa shape index (κ3) is 5.62. The highest BCUT2D eigenvalue weighted by Crippen LogP contribution is 2.02. The molecule has 0 bridgehead atoms. The minimum atomic E-state index is -0.441. The van der Waals surface area contributed by atoms with E-state index in [2.05, 4.69) is 33.1 Å². The van der Waals surface area contributed by atoms with E-state index in [1.165, 1.54) is 17.4 Å². The standard InChI is InChI=1S/C10H16BrN3O2.C2H6/c1-2-3-4-5-6-7-14-9(15)8(11)12-13-10(14)16;1-2/h2-7H2,1H3,(H,13,16);1-2H3. The Balaban J connectivity index is 0.00000137. The van der Waals surface area contributed by atoms with Crippen molar-refractivity contribution in [2.45, 2.75) is 59.4 Å². The molecule has 6 heteroatoms. The van der Waals surface area contributed by atoms with Crippen LogP contribution in [0.3, 0.4) is 0 Å². The Labute approximate surface area is 116 Å². The highest BCUT2D eigenvalue weighted by molar-refractivity contribution is 9.10. The van der Waals surface area contributed by atoms with E-state index in [0.29, 0.717) is 6.54 Å². The first-order valence-corrected chi connectivity index (χ1v) is 7.31. The first-order valence-electron chi connectivity index (χ1n) is 6.51. The number of H-pyrrole nitrogens is 1. The molecule has 0 aromatic carbocycles. The summed E-state index contributed by atoms with van der Waals surface area (Å²) >= 11 is 3.00. The van der Waals surface area contributed by atoms with Gasteiger partial charge in [-0.1, -0.05) is 46.5 Å². The zero-order valence-electron chi connectivity index (χ0n) is 11.3. The van der Waals surface area contributed by atoms with Crippen molar-refractivity contribution in [3.63, 3.8) is 0 Å². The zero-order chi connectivity index (χ0) is 14.0. The summed E-state index contributed by atoms with van der Waals surface area (Å²) in [5, 5.41) is 5.81. The van der Waals surface area contributed by atoms with Gasteiger partial charge in [0.05, 0.1) is 0 Å². The van der Waals surface area contributed by atoms with Crippen molar-refractivity contribution in [2.75, 3.05) is 0 Å². The number of unbranched alkanes of at least 4 members (excludes halogenated alkanes) is 4. The summed E-state index contributed by atoms with van der Waals surface area (Å²) in [6, 6.07) is 0. The van der Waals surface area contributed by atoms with Crippen LogP contribution in [-0.2, 0) is 6.54 Å². The van der Waals surface area contributed by atoms with E-state index in [0.717, 1.165) is 19.3 Å². The summed E-state index contributed by atoms with van der Waals surface area (Å²) < 4.78 is 1.34. The number of hydrogen-bond donors (Lipinski definition) is 1. The number of rotatable bonds is 6. The molecule has 0 radical (unpaired) electrons. The normalized spacial score (nSPS) is 9.78. The van der Waals surface area contributed by atoms with E-state index in [-0.39, 0.29) is 10.2 Å². The lowest BCUT2D eigenvalue weighted by molar-refractivity contribution is 0.531. The van der Waals surface area contributed by atoms with Crippen molar-refractivity contribution in [3.8, 4) is 0 Å². The molecule has 18 heavy (non-hydrogen) atoms. The van der Waals surface area contributed by atoms with Crippen molar-refractivity contribution in [3.05, 3.63) is 25.4 Å². The van der Waals surface area contributed by atoms with Crippen LogP contribution in [0.1, 0.15) is 52.9 Å². The van der Waals surface area contributed by atoms with Crippen LogP contribution in [0.15, 0.2) is 14.2 Å². The molecule has 5 nitrogen and oxygen atoms in total. The molecule has 104 valence electrons. The largest absolute Gasteiger partial charge is 0.344 e. The van der Waals surface area contributed by atoms with Crippen molar-refractivity contribution in [1.29, 1.82) is 0 Å². The number of nitrogens with zero attached hydrogens (tertiary/aromatic N) is 2. The molecule has 0 atom stereocenters. The quantitative estimate of drug-likeness (QED) is 0.820. The van der Waals surface area contributed by atoms with Crippen LogP contribution in [0.4, 0.5) is 0 Å². The third-order valence-corrected chi connectivity index (χ3v) is 2.92. The minimum Gasteiger partial charge on any atom is -0.266 e. The summed E-state index contributed by atoms with van der Waals surface area (Å²) in [6.07, 6.45) is 5.42. The fraction of sp³-hybridized carbons (Fsp3) is 0.750. The lowest BCUT2D eigenvalue weighted by Gasteiger charge is -2.03. The smallest absolute Gasteiger partial charge is 0.266 e. The molecule has 1 heterocycles. The third-order valence-electron chi connectivity index (χ3n) is 2.40. The summed E-state index contributed by atoms with van der Waals surface area (Å²) in [5.41, 5.74) is -0.803. The van der Waals surface area contributed by atoms with Gasteiger partial charge in [-0.3, -0.25) is 9.36 Å². The molecule has 1 aromatic rings. The molecule has 0 saturated heterocycles. The Hall–Kier alpha value is -0.910. The van der Waals surface area contributed by atoms with Crippen molar-refractivity contribution in [2.24, 2.45) is 0 Å². The average Bonchev–Trinajstić information content (AvgIpc) is 2.40. The molecule has 0 fully saturated rings. The van der Waals surface area contributed by atoms with Crippen LogP contribution in [0, 0.1) is 0 Å². The van der Waals surface area contributed by atoms with Crippen molar-refractivity contribution < 1.29 is 0 Å². The topological polar surface area (TPSA) is 67.8 Å². The highest BCUT2D eigenvalue weighted by Gasteiger charge is 2.05. The Morgan fingerprint density at radius 2 is 1.78 bits per heavy atom. The summed E-state index contributed by atoms with van der Waals surface area (Å²) in [4.78, 5) is 22.9. The molecule has 0 aliphatic rings. The molecule has 1 N–H and O–H groups in total. The maximum atomic E-state index is 11.5. The Morgan fingerprint density at radius 3 is 2.39 bits per heavy atom. The molecule has 0 saturated carbocycles. The molecule has 1 aromatic heterocycles. The lowest BCUT2D eigenvalue weighted by Crippen LogP contribution is -2.36. The second-order valence-corrected chi connectivity index (χ2v) is 4.44. The summed E-state index contributed by atoms with van der Waals surface area (Å²) in [7, 11) is 0. The molecule has 0 spiro atoms. The van der Waals surface area contributed by atoms with Gasteiger partial charge in [-0.2, -0.15) is 5.10 Å². The van der Waals surface area contributed by atoms with E-state index < -0.39 is 5.69 Å². The maximum Gasteiger partial charge on any atom is 0.344 e. The molecular weight excluding hydrogens is 298 g/mol. The fourth-order valence-corrected chi connectivity index (χ4v) is 1.79. The first kappa shape index (κ1) is 17.1. The van der Waals surface area contributed by atoms with E-state index in [1.807, 2.05) is 13.8 Å². The van der Waals surface area contributed by atoms with E-state index in [1.54, 1.807) is 0 Å². The van der Waals surface area contributed by atoms with Gasteiger partial charge in [0.15, 0.2) is 4.60 Å². The van der Waals surface area contributed by atoms with E-state index >= 15 is 0 Å². The van der Waals surface area contributed by atoms with Gasteiger partial charge in [-0.15, -0.1) is 0 Å². The molecule has 0 unspecified atom stereocenters.